The van der Waals surface area contributed by atoms with E-state index in [1.807, 2.05) is 0 Å². The average molecular weight is 243 g/mol. The number of carboxylic acids is 1. The molecule has 1 aromatic carbocycles. The van der Waals surface area contributed by atoms with Crippen molar-refractivity contribution in [3.63, 3.8) is 0 Å². The number of hydrogen-bond acceptors (Lipinski definition) is 1. The molecule has 0 amide bonds. The van der Waals surface area contributed by atoms with Gasteiger partial charge < -0.3 is 10.1 Å². The van der Waals surface area contributed by atoms with Crippen molar-refractivity contribution in [3.05, 3.63) is 35.5 Å². The molecule has 1 heterocycles. The van der Waals surface area contributed by atoms with Gasteiger partial charge in [-0.1, -0.05) is 12.1 Å². The van der Waals surface area contributed by atoms with Crippen LogP contribution in [-0.4, -0.2) is 22.2 Å². The van der Waals surface area contributed by atoms with Crippen molar-refractivity contribution in [2.75, 3.05) is 0 Å². The minimum Gasteiger partial charge on any atom is -0.477 e. The molecule has 1 aromatic heterocycles. The summed E-state index contributed by atoms with van der Waals surface area (Å²) in [7, 11) is 0. The zero-order chi connectivity index (χ0) is 12.6. The standard InChI is InChI=1S/C11H8F3NO2/c12-11(13,14)5-6-1-2-7-4-9(10(16)17)15-8(7)3-6/h1-4,15H,5H2,(H,16,17). The Bertz CT molecular complexity index is 572. The minimum atomic E-state index is -4.27. The number of H-pyrrole nitrogens is 1. The van der Waals surface area contributed by atoms with Crippen LogP contribution in [0.3, 0.4) is 0 Å². The van der Waals surface area contributed by atoms with Gasteiger partial charge in [0.2, 0.25) is 0 Å². The van der Waals surface area contributed by atoms with Gasteiger partial charge in [-0.3, -0.25) is 0 Å². The maximum Gasteiger partial charge on any atom is 0.393 e. The third kappa shape index (κ3) is 2.58. The van der Waals surface area contributed by atoms with E-state index in [9.17, 15) is 18.0 Å². The first-order chi connectivity index (χ1) is 7.85. The number of hydrogen-bond donors (Lipinski definition) is 2. The van der Waals surface area contributed by atoms with E-state index in [0.29, 0.717) is 10.9 Å². The SMILES string of the molecule is O=C(O)c1cc2ccc(CC(F)(F)F)cc2[nH]1. The van der Waals surface area contributed by atoms with Crippen LogP contribution in [-0.2, 0) is 6.42 Å². The Hall–Kier alpha value is -1.98. The summed E-state index contributed by atoms with van der Waals surface area (Å²) in [5.41, 5.74) is 0.456. The lowest BCUT2D eigenvalue weighted by molar-refractivity contribution is -0.127. The number of aromatic carboxylic acids is 1. The van der Waals surface area contributed by atoms with Crippen LogP contribution in [0.25, 0.3) is 10.9 Å². The first-order valence-corrected chi connectivity index (χ1v) is 4.77. The van der Waals surface area contributed by atoms with Crippen LogP contribution in [0, 0.1) is 0 Å². The molecule has 0 fully saturated rings. The van der Waals surface area contributed by atoms with E-state index < -0.39 is 18.6 Å². The molecule has 0 radical (unpaired) electrons. The van der Waals surface area contributed by atoms with Gasteiger partial charge in [0.15, 0.2) is 0 Å². The lowest BCUT2D eigenvalue weighted by atomic mass is 10.1. The van der Waals surface area contributed by atoms with Crippen molar-refractivity contribution in [1.29, 1.82) is 0 Å². The largest absolute Gasteiger partial charge is 0.477 e. The summed E-state index contributed by atoms with van der Waals surface area (Å²) in [6.07, 6.45) is -5.29. The predicted octanol–water partition coefficient (Wildman–Crippen LogP) is 2.97. The Morgan fingerprint density at radius 2 is 2.00 bits per heavy atom. The summed E-state index contributed by atoms with van der Waals surface area (Å²) >= 11 is 0. The number of benzene rings is 1. The molecular formula is C11H8F3NO2. The summed E-state index contributed by atoms with van der Waals surface area (Å²) in [5, 5.41) is 9.31. The number of carboxylic acid groups (broad SMARTS) is 1. The lowest BCUT2D eigenvalue weighted by Crippen LogP contribution is -2.11. The monoisotopic (exact) mass is 243 g/mol. The van der Waals surface area contributed by atoms with Crippen LogP contribution in [0.5, 0.6) is 0 Å². The highest BCUT2D eigenvalue weighted by molar-refractivity contribution is 5.93. The molecule has 0 bridgehead atoms. The van der Waals surface area contributed by atoms with Crippen LogP contribution >= 0.6 is 0 Å². The number of aromatic amines is 1. The molecule has 6 heteroatoms. The third-order valence-electron chi connectivity index (χ3n) is 2.32. The quantitative estimate of drug-likeness (QED) is 0.851. The topological polar surface area (TPSA) is 53.1 Å². The van der Waals surface area contributed by atoms with E-state index in [4.69, 9.17) is 5.11 Å². The normalized spacial score (nSPS) is 11.9. The van der Waals surface area contributed by atoms with Crippen LogP contribution in [0.4, 0.5) is 13.2 Å². The third-order valence-corrected chi connectivity index (χ3v) is 2.32. The second kappa shape index (κ2) is 3.80. The lowest BCUT2D eigenvalue weighted by Gasteiger charge is -2.05. The first-order valence-electron chi connectivity index (χ1n) is 4.77. The second-order valence-electron chi connectivity index (χ2n) is 3.70. The predicted molar refractivity (Wildman–Crippen MR) is 55.0 cm³/mol. The number of rotatable bonds is 2. The molecule has 2 N–H and O–H groups in total. The fourth-order valence-corrected chi connectivity index (χ4v) is 1.63. The Kier molecular flexibility index (Phi) is 2.57. The van der Waals surface area contributed by atoms with E-state index >= 15 is 0 Å². The van der Waals surface area contributed by atoms with E-state index in [1.165, 1.54) is 24.3 Å². The Morgan fingerprint density at radius 1 is 1.29 bits per heavy atom. The van der Waals surface area contributed by atoms with Gasteiger partial charge >= 0.3 is 12.1 Å². The molecule has 2 rings (SSSR count). The Morgan fingerprint density at radius 3 is 2.59 bits per heavy atom. The first kappa shape index (κ1) is 11.5. The van der Waals surface area contributed by atoms with Gasteiger partial charge in [-0.2, -0.15) is 13.2 Å². The summed E-state index contributed by atoms with van der Waals surface area (Å²) in [4.78, 5) is 13.2. The Labute approximate surface area is 93.9 Å². The van der Waals surface area contributed by atoms with Crippen molar-refractivity contribution in [2.24, 2.45) is 0 Å². The number of fused-ring (bicyclic) bond motifs is 1. The maximum atomic E-state index is 12.2. The van der Waals surface area contributed by atoms with Crippen molar-refractivity contribution >= 4 is 16.9 Å². The number of aromatic nitrogens is 1. The summed E-state index contributed by atoms with van der Waals surface area (Å²) in [6.45, 7) is 0. The molecule has 0 saturated carbocycles. The van der Waals surface area contributed by atoms with E-state index in [-0.39, 0.29) is 11.3 Å². The molecule has 17 heavy (non-hydrogen) atoms. The summed E-state index contributed by atoms with van der Waals surface area (Å²) in [5.74, 6) is -1.14. The zero-order valence-electron chi connectivity index (χ0n) is 8.51. The van der Waals surface area contributed by atoms with Crippen molar-refractivity contribution < 1.29 is 23.1 Å². The average Bonchev–Trinajstić information content (AvgIpc) is 2.57. The van der Waals surface area contributed by atoms with Crippen molar-refractivity contribution in [2.45, 2.75) is 12.6 Å². The van der Waals surface area contributed by atoms with Crippen LogP contribution in [0.15, 0.2) is 24.3 Å². The van der Waals surface area contributed by atoms with Crippen molar-refractivity contribution in [1.82, 2.24) is 4.98 Å². The highest BCUT2D eigenvalue weighted by atomic mass is 19.4. The number of alkyl halides is 3. The van der Waals surface area contributed by atoms with E-state index in [1.54, 1.807) is 0 Å². The maximum absolute atomic E-state index is 12.2. The smallest absolute Gasteiger partial charge is 0.393 e. The number of carbonyl (C=O) groups is 1. The molecule has 0 spiro atoms. The zero-order valence-corrected chi connectivity index (χ0v) is 8.51. The second-order valence-corrected chi connectivity index (χ2v) is 3.70. The van der Waals surface area contributed by atoms with E-state index in [2.05, 4.69) is 4.98 Å². The van der Waals surface area contributed by atoms with Gasteiger partial charge in [-0.25, -0.2) is 4.79 Å². The fraction of sp³-hybridized carbons (Fsp3) is 0.182. The van der Waals surface area contributed by atoms with Crippen LogP contribution < -0.4 is 0 Å². The molecule has 0 atom stereocenters. The van der Waals surface area contributed by atoms with Gasteiger partial charge in [0, 0.05) is 10.9 Å². The molecule has 2 aromatic rings. The molecule has 0 aliphatic carbocycles. The van der Waals surface area contributed by atoms with Gasteiger partial charge in [0.25, 0.3) is 0 Å². The summed E-state index contributed by atoms with van der Waals surface area (Å²) in [6, 6.07) is 5.51. The molecule has 0 saturated heterocycles. The number of nitrogens with one attached hydrogen (secondary N) is 1. The molecular weight excluding hydrogens is 235 g/mol. The molecule has 90 valence electrons. The highest BCUT2D eigenvalue weighted by Crippen LogP contribution is 2.24. The highest BCUT2D eigenvalue weighted by Gasteiger charge is 2.27. The van der Waals surface area contributed by atoms with Gasteiger partial charge in [-0.15, -0.1) is 0 Å². The molecule has 0 unspecified atom stereocenters. The van der Waals surface area contributed by atoms with Gasteiger partial charge in [0.1, 0.15) is 5.69 Å². The van der Waals surface area contributed by atoms with Crippen molar-refractivity contribution in [3.8, 4) is 0 Å². The van der Waals surface area contributed by atoms with Gasteiger partial charge in [-0.05, 0) is 17.7 Å². The molecule has 0 aliphatic heterocycles. The molecule has 3 nitrogen and oxygen atoms in total. The van der Waals surface area contributed by atoms with Crippen LogP contribution in [0.2, 0.25) is 0 Å². The minimum absolute atomic E-state index is 0.0378. The summed E-state index contributed by atoms with van der Waals surface area (Å²) < 4.78 is 36.5. The number of halogens is 3. The Balaban J connectivity index is 2.40. The van der Waals surface area contributed by atoms with Gasteiger partial charge in [0.05, 0.1) is 6.42 Å². The van der Waals surface area contributed by atoms with Crippen LogP contribution in [0.1, 0.15) is 16.1 Å². The molecule has 0 aliphatic rings. The van der Waals surface area contributed by atoms with E-state index in [0.717, 1.165) is 0 Å². The fourth-order valence-electron chi connectivity index (χ4n) is 1.63.